The van der Waals surface area contributed by atoms with E-state index >= 15 is 0 Å². The molecule has 2 aromatic rings. The number of rotatable bonds is 5. The van der Waals surface area contributed by atoms with Crippen LogP contribution in [0.15, 0.2) is 42.5 Å². The maximum absolute atomic E-state index is 12.8. The number of hydrogen-bond donors (Lipinski definition) is 0. The van der Waals surface area contributed by atoms with Gasteiger partial charge in [-0.2, -0.15) is 0 Å². The van der Waals surface area contributed by atoms with E-state index in [1.54, 1.807) is 0 Å². The molecule has 3 aliphatic rings. The molecule has 0 spiro atoms. The fourth-order valence-corrected chi connectivity index (χ4v) is 4.98. The lowest BCUT2D eigenvalue weighted by molar-refractivity contribution is -0.132. The molecule has 0 N–H and O–H groups in total. The lowest BCUT2D eigenvalue weighted by Gasteiger charge is -2.33. The summed E-state index contributed by atoms with van der Waals surface area (Å²) < 4.78 is 11.1. The molecular weight excluding hydrogens is 376 g/mol. The monoisotopic (exact) mass is 406 g/mol. The lowest BCUT2D eigenvalue weighted by atomic mass is 9.91. The second-order valence-corrected chi connectivity index (χ2v) is 8.74. The van der Waals surface area contributed by atoms with Gasteiger partial charge in [-0.05, 0) is 61.9 Å². The standard InChI is InChI=1S/C25H30N2O3/c28-24(27-15-12-20-4-1-2-5-21(20)17-27)9-8-19-10-13-26(14-11-19)16-22-6-3-7-23-25(22)30-18-29-23/h1-7,19H,8-18H2. The molecule has 5 nitrogen and oxygen atoms in total. The number of piperidine rings is 1. The third-order valence-electron chi connectivity index (χ3n) is 6.83. The van der Waals surface area contributed by atoms with Gasteiger partial charge < -0.3 is 14.4 Å². The highest BCUT2D eigenvalue weighted by molar-refractivity contribution is 5.76. The van der Waals surface area contributed by atoms with Crippen LogP contribution >= 0.6 is 0 Å². The summed E-state index contributed by atoms with van der Waals surface area (Å²) in [6, 6.07) is 14.7. The number of nitrogens with zero attached hydrogens (tertiary/aromatic N) is 2. The van der Waals surface area contributed by atoms with Crippen LogP contribution in [0.2, 0.25) is 0 Å². The van der Waals surface area contributed by atoms with Crippen LogP contribution in [0.25, 0.3) is 0 Å². The van der Waals surface area contributed by atoms with E-state index in [4.69, 9.17) is 9.47 Å². The molecule has 0 radical (unpaired) electrons. The molecule has 0 aliphatic carbocycles. The molecule has 5 rings (SSSR count). The molecular formula is C25H30N2O3. The molecule has 0 atom stereocenters. The van der Waals surface area contributed by atoms with E-state index in [2.05, 4.69) is 40.1 Å². The molecule has 0 bridgehead atoms. The van der Waals surface area contributed by atoms with Crippen LogP contribution in [-0.4, -0.2) is 42.1 Å². The van der Waals surface area contributed by atoms with Gasteiger partial charge in [-0.25, -0.2) is 0 Å². The van der Waals surface area contributed by atoms with Crippen LogP contribution in [0.3, 0.4) is 0 Å². The fourth-order valence-electron chi connectivity index (χ4n) is 4.98. The van der Waals surface area contributed by atoms with Crippen molar-refractivity contribution in [3.05, 3.63) is 59.2 Å². The van der Waals surface area contributed by atoms with E-state index in [9.17, 15) is 4.79 Å². The number of likely N-dealkylation sites (tertiary alicyclic amines) is 1. The van der Waals surface area contributed by atoms with E-state index in [1.807, 2.05) is 12.1 Å². The van der Waals surface area contributed by atoms with Crippen molar-refractivity contribution in [2.75, 3.05) is 26.4 Å². The minimum Gasteiger partial charge on any atom is -0.454 e. The zero-order valence-electron chi connectivity index (χ0n) is 17.5. The summed E-state index contributed by atoms with van der Waals surface area (Å²) in [4.78, 5) is 17.3. The van der Waals surface area contributed by atoms with Gasteiger partial charge in [0, 0.05) is 31.6 Å². The molecule has 2 aromatic carbocycles. The number of para-hydroxylation sites is 1. The third kappa shape index (κ3) is 4.17. The Morgan fingerprint density at radius 3 is 2.67 bits per heavy atom. The Labute approximate surface area is 178 Å². The number of benzene rings is 2. The second kappa shape index (κ2) is 8.68. The van der Waals surface area contributed by atoms with E-state index in [1.165, 1.54) is 29.5 Å². The van der Waals surface area contributed by atoms with Crippen molar-refractivity contribution in [1.29, 1.82) is 0 Å². The Kier molecular flexibility index (Phi) is 5.63. The van der Waals surface area contributed by atoms with Crippen molar-refractivity contribution in [3.63, 3.8) is 0 Å². The summed E-state index contributed by atoms with van der Waals surface area (Å²) >= 11 is 0. The minimum atomic E-state index is 0.323. The number of hydrogen-bond acceptors (Lipinski definition) is 4. The molecule has 0 aromatic heterocycles. The number of amides is 1. The Bertz CT molecular complexity index is 905. The van der Waals surface area contributed by atoms with Gasteiger partial charge in [-0.15, -0.1) is 0 Å². The Morgan fingerprint density at radius 1 is 0.967 bits per heavy atom. The van der Waals surface area contributed by atoms with Gasteiger partial charge in [0.1, 0.15) is 0 Å². The maximum atomic E-state index is 12.8. The van der Waals surface area contributed by atoms with Crippen LogP contribution in [-0.2, 0) is 24.3 Å². The van der Waals surface area contributed by atoms with Gasteiger partial charge in [0.15, 0.2) is 11.5 Å². The molecule has 5 heteroatoms. The van der Waals surface area contributed by atoms with Crippen molar-refractivity contribution in [3.8, 4) is 11.5 Å². The van der Waals surface area contributed by atoms with Crippen molar-refractivity contribution in [2.45, 2.75) is 45.2 Å². The number of carbonyl (C=O) groups excluding carboxylic acids is 1. The minimum absolute atomic E-state index is 0.323. The predicted octanol–water partition coefficient (Wildman–Crippen LogP) is 3.99. The lowest BCUT2D eigenvalue weighted by Crippen LogP contribution is -2.37. The van der Waals surface area contributed by atoms with E-state index < -0.39 is 0 Å². The van der Waals surface area contributed by atoms with Gasteiger partial charge in [0.25, 0.3) is 0 Å². The highest BCUT2D eigenvalue weighted by Gasteiger charge is 2.25. The van der Waals surface area contributed by atoms with Gasteiger partial charge in [0.05, 0.1) is 0 Å². The van der Waals surface area contributed by atoms with Crippen LogP contribution in [0.5, 0.6) is 11.5 Å². The SMILES string of the molecule is O=C(CCC1CCN(Cc2cccc3c2OCO3)CC1)N1CCc2ccccc2C1. The van der Waals surface area contributed by atoms with Crippen molar-refractivity contribution < 1.29 is 14.3 Å². The quantitative estimate of drug-likeness (QED) is 0.753. The molecule has 30 heavy (non-hydrogen) atoms. The fraction of sp³-hybridized carbons (Fsp3) is 0.480. The predicted molar refractivity (Wildman–Crippen MR) is 115 cm³/mol. The molecule has 1 saturated heterocycles. The van der Waals surface area contributed by atoms with Gasteiger partial charge in [-0.1, -0.05) is 36.4 Å². The summed E-state index contributed by atoms with van der Waals surface area (Å²) in [6.07, 6.45) is 5.02. The largest absolute Gasteiger partial charge is 0.454 e. The van der Waals surface area contributed by atoms with E-state index in [-0.39, 0.29) is 0 Å². The molecule has 3 aliphatic heterocycles. The number of carbonyl (C=O) groups is 1. The molecule has 1 fully saturated rings. The molecule has 3 heterocycles. The van der Waals surface area contributed by atoms with Crippen LogP contribution in [0.4, 0.5) is 0 Å². The number of fused-ring (bicyclic) bond motifs is 2. The highest BCUT2D eigenvalue weighted by atomic mass is 16.7. The van der Waals surface area contributed by atoms with Crippen LogP contribution < -0.4 is 9.47 Å². The van der Waals surface area contributed by atoms with Crippen LogP contribution in [0.1, 0.15) is 42.4 Å². The summed E-state index contributed by atoms with van der Waals surface area (Å²) in [5.74, 6) is 2.75. The second-order valence-electron chi connectivity index (χ2n) is 8.74. The number of ether oxygens (including phenoxy) is 2. The van der Waals surface area contributed by atoms with Crippen molar-refractivity contribution in [2.24, 2.45) is 5.92 Å². The summed E-state index contributed by atoms with van der Waals surface area (Å²) in [5.41, 5.74) is 3.92. The first-order valence-electron chi connectivity index (χ1n) is 11.2. The van der Waals surface area contributed by atoms with Crippen LogP contribution in [0, 0.1) is 5.92 Å². The van der Waals surface area contributed by atoms with Crippen molar-refractivity contribution >= 4 is 5.91 Å². The Balaban J connectivity index is 1.07. The Morgan fingerprint density at radius 2 is 1.80 bits per heavy atom. The summed E-state index contributed by atoms with van der Waals surface area (Å²) in [7, 11) is 0. The molecule has 1 amide bonds. The Hall–Kier alpha value is -2.53. The maximum Gasteiger partial charge on any atom is 0.231 e. The van der Waals surface area contributed by atoms with Crippen molar-refractivity contribution in [1.82, 2.24) is 9.80 Å². The molecule has 158 valence electrons. The molecule has 0 unspecified atom stereocenters. The smallest absolute Gasteiger partial charge is 0.231 e. The third-order valence-corrected chi connectivity index (χ3v) is 6.83. The zero-order chi connectivity index (χ0) is 20.3. The highest BCUT2D eigenvalue weighted by Crippen LogP contribution is 2.36. The first-order valence-corrected chi connectivity index (χ1v) is 11.2. The first kappa shape index (κ1) is 19.4. The van der Waals surface area contributed by atoms with E-state index in [0.717, 1.165) is 57.1 Å². The first-order chi connectivity index (χ1) is 14.8. The topological polar surface area (TPSA) is 42.0 Å². The average molecular weight is 407 g/mol. The normalized spacial score (nSPS) is 19.0. The van der Waals surface area contributed by atoms with Gasteiger partial charge in [0.2, 0.25) is 12.7 Å². The van der Waals surface area contributed by atoms with Gasteiger partial charge in [-0.3, -0.25) is 9.69 Å². The summed E-state index contributed by atoms with van der Waals surface area (Å²) in [5, 5.41) is 0. The zero-order valence-corrected chi connectivity index (χ0v) is 17.5. The average Bonchev–Trinajstić information content (AvgIpc) is 3.28. The van der Waals surface area contributed by atoms with E-state index in [0.29, 0.717) is 25.0 Å². The van der Waals surface area contributed by atoms with Gasteiger partial charge >= 0.3 is 0 Å². The summed E-state index contributed by atoms with van der Waals surface area (Å²) in [6.45, 7) is 5.04. The molecule has 0 saturated carbocycles.